The van der Waals surface area contributed by atoms with Crippen LogP contribution in [0.4, 0.5) is 8.78 Å². The zero-order chi connectivity index (χ0) is 13.8. The molecular weight excluding hydrogens is 266 g/mol. The van der Waals surface area contributed by atoms with Crippen LogP contribution in [0.15, 0.2) is 0 Å². The van der Waals surface area contributed by atoms with Gasteiger partial charge >= 0.3 is 0 Å². The van der Waals surface area contributed by atoms with E-state index in [-0.39, 0.29) is 25.3 Å². The van der Waals surface area contributed by atoms with E-state index < -0.39 is 34.0 Å². The normalized spacial score (nSPS) is 23.0. The maximum atomic E-state index is 12.3. The van der Waals surface area contributed by atoms with Crippen molar-refractivity contribution in [3.63, 3.8) is 0 Å². The molecule has 1 amide bonds. The zero-order valence-electron chi connectivity index (χ0n) is 10.0. The number of nitrogens with zero attached hydrogens (tertiary/aromatic N) is 1. The summed E-state index contributed by atoms with van der Waals surface area (Å²) in [7, 11) is -3.50. The molecule has 8 heteroatoms. The molecule has 1 atom stereocenters. The fourth-order valence-corrected chi connectivity index (χ4v) is 3.92. The first kappa shape index (κ1) is 15.3. The van der Waals surface area contributed by atoms with Gasteiger partial charge in [0.1, 0.15) is 5.25 Å². The topological polar surface area (TPSA) is 80.5 Å². The highest BCUT2D eigenvalue weighted by atomic mass is 32.2. The van der Waals surface area contributed by atoms with Crippen molar-refractivity contribution in [2.24, 2.45) is 5.73 Å². The SMILES string of the molecule is NCCN(CC(F)F)C(=O)C1CCCCS1(=O)=O. The van der Waals surface area contributed by atoms with Crippen LogP contribution in [0.25, 0.3) is 0 Å². The second kappa shape index (κ2) is 6.42. The number of amides is 1. The number of sulfone groups is 1. The van der Waals surface area contributed by atoms with Crippen molar-refractivity contribution in [1.82, 2.24) is 4.90 Å². The number of carbonyl (C=O) groups is 1. The van der Waals surface area contributed by atoms with Gasteiger partial charge in [0.2, 0.25) is 5.91 Å². The Labute approximate surface area is 105 Å². The Kier molecular flexibility index (Phi) is 5.46. The molecule has 1 heterocycles. The molecule has 0 aliphatic carbocycles. The number of alkyl halides is 2. The molecule has 0 aromatic rings. The van der Waals surface area contributed by atoms with Crippen molar-refractivity contribution in [1.29, 1.82) is 0 Å². The second-order valence-corrected chi connectivity index (χ2v) is 6.62. The summed E-state index contributed by atoms with van der Waals surface area (Å²) in [4.78, 5) is 12.9. The fraction of sp³-hybridized carbons (Fsp3) is 0.900. The Morgan fingerprint density at radius 3 is 2.56 bits per heavy atom. The summed E-state index contributed by atoms with van der Waals surface area (Å²) < 4.78 is 48.2. The molecule has 0 spiro atoms. The number of halogens is 2. The lowest BCUT2D eigenvalue weighted by Gasteiger charge is -2.28. The molecule has 5 nitrogen and oxygen atoms in total. The van der Waals surface area contributed by atoms with Gasteiger partial charge in [-0.1, -0.05) is 6.42 Å². The molecule has 18 heavy (non-hydrogen) atoms. The van der Waals surface area contributed by atoms with Crippen LogP contribution >= 0.6 is 0 Å². The van der Waals surface area contributed by atoms with E-state index in [2.05, 4.69) is 0 Å². The van der Waals surface area contributed by atoms with Crippen molar-refractivity contribution >= 4 is 15.7 Å². The van der Waals surface area contributed by atoms with Crippen molar-refractivity contribution in [3.05, 3.63) is 0 Å². The molecular formula is C10H18F2N2O3S. The Balaban J connectivity index is 2.81. The van der Waals surface area contributed by atoms with Crippen LogP contribution in [-0.2, 0) is 14.6 Å². The van der Waals surface area contributed by atoms with Gasteiger partial charge in [-0.05, 0) is 12.8 Å². The van der Waals surface area contributed by atoms with Crippen LogP contribution < -0.4 is 5.73 Å². The first-order valence-electron chi connectivity index (χ1n) is 5.87. The number of hydrogen-bond donors (Lipinski definition) is 1. The van der Waals surface area contributed by atoms with Gasteiger partial charge in [-0.3, -0.25) is 4.79 Å². The Morgan fingerprint density at radius 1 is 1.39 bits per heavy atom. The lowest BCUT2D eigenvalue weighted by atomic mass is 10.1. The monoisotopic (exact) mass is 284 g/mol. The number of nitrogens with two attached hydrogens (primary N) is 1. The average molecular weight is 284 g/mol. The molecule has 0 saturated carbocycles. The lowest BCUT2D eigenvalue weighted by Crippen LogP contribution is -2.48. The minimum absolute atomic E-state index is 0.0330. The van der Waals surface area contributed by atoms with Crippen LogP contribution in [-0.4, -0.2) is 56.3 Å². The minimum Gasteiger partial charge on any atom is -0.335 e. The third-order valence-electron chi connectivity index (χ3n) is 2.92. The molecule has 1 aliphatic heterocycles. The molecule has 106 valence electrons. The molecule has 1 rings (SSSR count). The third-order valence-corrected chi connectivity index (χ3v) is 5.09. The summed E-state index contributed by atoms with van der Waals surface area (Å²) in [6, 6.07) is 0. The first-order chi connectivity index (χ1) is 8.38. The van der Waals surface area contributed by atoms with E-state index in [0.717, 1.165) is 4.90 Å². The molecule has 1 fully saturated rings. The van der Waals surface area contributed by atoms with Gasteiger partial charge in [0.05, 0.1) is 12.3 Å². The number of rotatable bonds is 5. The van der Waals surface area contributed by atoms with Crippen LogP contribution in [0, 0.1) is 0 Å². The molecule has 2 N–H and O–H groups in total. The third kappa shape index (κ3) is 3.88. The minimum atomic E-state index is -3.50. The Hall–Kier alpha value is -0.760. The van der Waals surface area contributed by atoms with Gasteiger partial charge in [0, 0.05) is 13.1 Å². The maximum absolute atomic E-state index is 12.3. The summed E-state index contributed by atoms with van der Waals surface area (Å²) in [5.74, 6) is -0.783. The smallest absolute Gasteiger partial charge is 0.255 e. The fourth-order valence-electron chi connectivity index (χ4n) is 2.05. The van der Waals surface area contributed by atoms with Crippen molar-refractivity contribution in [2.45, 2.75) is 30.9 Å². The second-order valence-electron chi connectivity index (χ2n) is 4.32. The number of hydrogen-bond acceptors (Lipinski definition) is 4. The summed E-state index contributed by atoms with van der Waals surface area (Å²) in [6.07, 6.45) is -1.32. The summed E-state index contributed by atoms with van der Waals surface area (Å²) in [5, 5.41) is -1.17. The summed E-state index contributed by atoms with van der Waals surface area (Å²) >= 11 is 0. The summed E-state index contributed by atoms with van der Waals surface area (Å²) in [6.45, 7) is -0.775. The van der Waals surface area contributed by atoms with Crippen LogP contribution in [0.5, 0.6) is 0 Å². The lowest BCUT2D eigenvalue weighted by molar-refractivity contribution is -0.132. The van der Waals surface area contributed by atoms with E-state index in [4.69, 9.17) is 5.73 Å². The predicted octanol–water partition coefficient (Wildman–Crippen LogP) is 0.00610. The van der Waals surface area contributed by atoms with Gasteiger partial charge in [0.25, 0.3) is 6.43 Å². The van der Waals surface area contributed by atoms with E-state index in [0.29, 0.717) is 12.8 Å². The average Bonchev–Trinajstić information content (AvgIpc) is 2.26. The van der Waals surface area contributed by atoms with Gasteiger partial charge in [-0.25, -0.2) is 17.2 Å². The van der Waals surface area contributed by atoms with Crippen LogP contribution in [0.2, 0.25) is 0 Å². The first-order valence-corrected chi connectivity index (χ1v) is 7.58. The van der Waals surface area contributed by atoms with Crippen molar-refractivity contribution in [3.8, 4) is 0 Å². The molecule has 1 aliphatic rings. The van der Waals surface area contributed by atoms with Gasteiger partial charge < -0.3 is 10.6 Å². The molecule has 0 aromatic heterocycles. The molecule has 0 bridgehead atoms. The predicted molar refractivity (Wildman–Crippen MR) is 63.1 cm³/mol. The molecule has 1 unspecified atom stereocenters. The standard InChI is InChI=1S/C10H18F2N2O3S/c11-9(12)7-14(5-4-13)10(15)8-3-1-2-6-18(8,16)17/h8-9H,1-7,13H2. The van der Waals surface area contributed by atoms with Gasteiger partial charge in [-0.15, -0.1) is 0 Å². The highest BCUT2D eigenvalue weighted by molar-refractivity contribution is 7.92. The maximum Gasteiger partial charge on any atom is 0.255 e. The molecule has 0 aromatic carbocycles. The molecule has 0 radical (unpaired) electrons. The Bertz CT molecular complexity index is 387. The summed E-state index contributed by atoms with van der Waals surface area (Å²) in [5.41, 5.74) is 5.25. The van der Waals surface area contributed by atoms with E-state index in [1.54, 1.807) is 0 Å². The largest absolute Gasteiger partial charge is 0.335 e. The van der Waals surface area contributed by atoms with Crippen LogP contribution in [0.1, 0.15) is 19.3 Å². The van der Waals surface area contributed by atoms with Crippen LogP contribution in [0.3, 0.4) is 0 Å². The van der Waals surface area contributed by atoms with Crippen molar-refractivity contribution < 1.29 is 22.0 Å². The van der Waals surface area contributed by atoms with Gasteiger partial charge in [0.15, 0.2) is 9.84 Å². The van der Waals surface area contributed by atoms with E-state index in [1.165, 1.54) is 0 Å². The quantitative estimate of drug-likeness (QED) is 0.771. The Morgan fingerprint density at radius 2 is 2.06 bits per heavy atom. The van der Waals surface area contributed by atoms with E-state index in [9.17, 15) is 22.0 Å². The van der Waals surface area contributed by atoms with E-state index in [1.807, 2.05) is 0 Å². The van der Waals surface area contributed by atoms with Crippen molar-refractivity contribution in [2.75, 3.05) is 25.4 Å². The van der Waals surface area contributed by atoms with Gasteiger partial charge in [-0.2, -0.15) is 0 Å². The highest BCUT2D eigenvalue weighted by Crippen LogP contribution is 2.21. The zero-order valence-corrected chi connectivity index (χ0v) is 10.8. The number of carbonyl (C=O) groups excluding carboxylic acids is 1. The molecule has 1 saturated heterocycles. The van der Waals surface area contributed by atoms with E-state index >= 15 is 0 Å². The highest BCUT2D eigenvalue weighted by Gasteiger charge is 2.37.